The van der Waals surface area contributed by atoms with Gasteiger partial charge in [-0.15, -0.1) is 0 Å². The highest BCUT2D eigenvalue weighted by atomic mass is 79.9. The minimum atomic E-state index is -0.374. The van der Waals surface area contributed by atoms with Gasteiger partial charge < -0.3 is 9.47 Å². The largest absolute Gasteiger partial charge is 0.490 e. The zero-order valence-corrected chi connectivity index (χ0v) is 24.7. The fourth-order valence-corrected chi connectivity index (χ4v) is 5.98. The summed E-state index contributed by atoms with van der Waals surface area (Å²) >= 11 is 16.6. The second-order valence-corrected chi connectivity index (χ2v) is 11.4. The molecular weight excluding hydrogens is 621 g/mol. The van der Waals surface area contributed by atoms with E-state index >= 15 is 0 Å². The van der Waals surface area contributed by atoms with Gasteiger partial charge in [-0.05, 0) is 92.4 Å². The van der Waals surface area contributed by atoms with E-state index in [0.717, 1.165) is 28.1 Å². The van der Waals surface area contributed by atoms with Crippen LogP contribution < -0.4 is 9.47 Å². The van der Waals surface area contributed by atoms with Gasteiger partial charge in [0, 0.05) is 0 Å². The van der Waals surface area contributed by atoms with E-state index < -0.39 is 0 Å². The molecule has 198 valence electrons. The molecule has 2 amide bonds. The molecule has 1 heterocycles. The van der Waals surface area contributed by atoms with E-state index in [9.17, 15) is 9.59 Å². The van der Waals surface area contributed by atoms with Crippen molar-refractivity contribution in [3.63, 3.8) is 0 Å². The molecule has 1 fully saturated rings. The van der Waals surface area contributed by atoms with Gasteiger partial charge in [0.1, 0.15) is 6.61 Å². The molecule has 1 saturated heterocycles. The van der Waals surface area contributed by atoms with Crippen LogP contribution in [-0.2, 0) is 17.9 Å². The molecule has 0 aromatic heterocycles. The first-order valence-corrected chi connectivity index (χ1v) is 14.5. The van der Waals surface area contributed by atoms with Gasteiger partial charge in [-0.25, -0.2) is 0 Å². The number of halogens is 3. The molecule has 4 aromatic rings. The van der Waals surface area contributed by atoms with Crippen LogP contribution in [0.5, 0.6) is 11.5 Å². The number of imide groups is 1. The maximum absolute atomic E-state index is 13.1. The third-order valence-corrected chi connectivity index (χ3v) is 8.32. The Bertz CT molecular complexity index is 1620. The lowest BCUT2D eigenvalue weighted by atomic mass is 10.1. The lowest BCUT2D eigenvalue weighted by Crippen LogP contribution is -2.27. The number of benzene rings is 4. The van der Waals surface area contributed by atoms with Gasteiger partial charge >= 0.3 is 0 Å². The molecule has 0 bridgehead atoms. The predicted molar refractivity (Wildman–Crippen MR) is 162 cm³/mol. The molecule has 0 N–H and O–H groups in total. The Labute approximate surface area is 248 Å². The fraction of sp³-hybridized carbons (Fsp3) is 0.133. The summed E-state index contributed by atoms with van der Waals surface area (Å²) in [6.07, 6.45) is 1.68. The van der Waals surface area contributed by atoms with E-state index in [-0.39, 0.29) is 17.7 Å². The highest BCUT2D eigenvalue weighted by Crippen LogP contribution is 2.40. The molecule has 5 rings (SSSR count). The monoisotopic (exact) mass is 641 g/mol. The SMILES string of the molecule is CCOc1cc(/C=C2\SC(=O)N(Cc3ccc(Cl)c(Cl)c3)C2=O)cc(Br)c1OCc1cccc2ccccc12. The van der Waals surface area contributed by atoms with Crippen molar-refractivity contribution >= 4 is 78.9 Å². The number of nitrogens with zero attached hydrogens (tertiary/aromatic N) is 1. The first kappa shape index (κ1) is 27.6. The zero-order valence-electron chi connectivity index (χ0n) is 20.7. The molecule has 0 aliphatic carbocycles. The first-order valence-electron chi connectivity index (χ1n) is 12.1. The summed E-state index contributed by atoms with van der Waals surface area (Å²) in [5.74, 6) is 0.726. The van der Waals surface area contributed by atoms with E-state index in [1.54, 1.807) is 30.3 Å². The van der Waals surface area contributed by atoms with Gasteiger partial charge in [-0.1, -0.05) is 71.7 Å². The van der Waals surface area contributed by atoms with Crippen LogP contribution in [0, 0.1) is 0 Å². The van der Waals surface area contributed by atoms with Gasteiger partial charge in [-0.3, -0.25) is 14.5 Å². The average molecular weight is 643 g/mol. The van der Waals surface area contributed by atoms with Gasteiger partial charge in [0.05, 0.1) is 32.6 Å². The third kappa shape index (κ3) is 6.12. The lowest BCUT2D eigenvalue weighted by molar-refractivity contribution is -0.123. The van der Waals surface area contributed by atoms with E-state index in [4.69, 9.17) is 32.7 Å². The standard InChI is InChI=1S/C30H22BrCl2NO4S/c1-2-37-26-14-19(12-23(31)28(26)38-17-21-8-5-7-20-6-3-4-9-22(20)21)15-27-29(35)34(30(36)39-27)16-18-10-11-24(32)25(33)13-18/h3-15H,2,16-17H2,1H3/b27-15-. The van der Waals surface area contributed by atoms with Crippen LogP contribution in [0.15, 0.2) is 82.2 Å². The summed E-state index contributed by atoms with van der Waals surface area (Å²) in [5, 5.41) is 2.70. The average Bonchev–Trinajstić information content (AvgIpc) is 3.17. The number of ether oxygens (including phenoxy) is 2. The van der Waals surface area contributed by atoms with Crippen LogP contribution in [0.2, 0.25) is 10.0 Å². The molecule has 39 heavy (non-hydrogen) atoms. The van der Waals surface area contributed by atoms with Gasteiger partial charge in [0.2, 0.25) is 0 Å². The van der Waals surface area contributed by atoms with Crippen molar-refractivity contribution in [2.75, 3.05) is 6.61 Å². The Morgan fingerprint density at radius 3 is 2.54 bits per heavy atom. The molecule has 0 unspecified atom stereocenters. The Morgan fingerprint density at radius 2 is 1.74 bits per heavy atom. The van der Waals surface area contributed by atoms with Crippen LogP contribution in [-0.4, -0.2) is 22.7 Å². The number of hydrogen-bond acceptors (Lipinski definition) is 5. The van der Waals surface area contributed by atoms with Crippen molar-refractivity contribution in [2.45, 2.75) is 20.1 Å². The second-order valence-electron chi connectivity index (χ2n) is 8.71. The van der Waals surface area contributed by atoms with Crippen molar-refractivity contribution in [3.8, 4) is 11.5 Å². The number of hydrogen-bond donors (Lipinski definition) is 0. The van der Waals surface area contributed by atoms with Crippen molar-refractivity contribution < 1.29 is 19.1 Å². The number of carbonyl (C=O) groups is 2. The lowest BCUT2D eigenvalue weighted by Gasteiger charge is -2.16. The van der Waals surface area contributed by atoms with E-state index in [2.05, 4.69) is 34.1 Å². The number of fused-ring (bicyclic) bond motifs is 1. The summed E-state index contributed by atoms with van der Waals surface area (Å²) < 4.78 is 12.8. The summed E-state index contributed by atoms with van der Waals surface area (Å²) in [5.41, 5.74) is 2.46. The number of thioether (sulfide) groups is 1. The van der Waals surface area contributed by atoms with Crippen LogP contribution in [0.1, 0.15) is 23.6 Å². The zero-order chi connectivity index (χ0) is 27.5. The van der Waals surface area contributed by atoms with E-state index in [0.29, 0.717) is 55.3 Å². The molecule has 0 spiro atoms. The maximum Gasteiger partial charge on any atom is 0.293 e. The Balaban J connectivity index is 1.38. The summed E-state index contributed by atoms with van der Waals surface area (Å²) in [6, 6.07) is 23.0. The second kappa shape index (κ2) is 12.0. The van der Waals surface area contributed by atoms with Crippen LogP contribution in [0.25, 0.3) is 16.8 Å². The van der Waals surface area contributed by atoms with Gasteiger partial charge in [0.25, 0.3) is 11.1 Å². The van der Waals surface area contributed by atoms with Crippen LogP contribution >= 0.6 is 50.9 Å². The molecule has 0 saturated carbocycles. The van der Waals surface area contributed by atoms with E-state index in [1.165, 1.54) is 4.90 Å². The molecule has 5 nitrogen and oxygen atoms in total. The van der Waals surface area contributed by atoms with Crippen LogP contribution in [0.4, 0.5) is 4.79 Å². The van der Waals surface area contributed by atoms with Crippen molar-refractivity contribution in [1.82, 2.24) is 4.90 Å². The highest BCUT2D eigenvalue weighted by Gasteiger charge is 2.35. The normalized spacial score (nSPS) is 14.5. The molecule has 0 radical (unpaired) electrons. The highest BCUT2D eigenvalue weighted by molar-refractivity contribution is 9.10. The number of amides is 2. The Kier molecular flexibility index (Phi) is 8.52. The van der Waals surface area contributed by atoms with Crippen molar-refractivity contribution in [3.05, 3.63) is 109 Å². The first-order chi connectivity index (χ1) is 18.8. The fourth-order valence-electron chi connectivity index (χ4n) is 4.25. The van der Waals surface area contributed by atoms with Crippen molar-refractivity contribution in [1.29, 1.82) is 0 Å². The number of carbonyl (C=O) groups excluding carboxylic acids is 2. The summed E-state index contributed by atoms with van der Waals surface area (Å²) in [6.45, 7) is 2.78. The quantitative estimate of drug-likeness (QED) is 0.179. The minimum Gasteiger partial charge on any atom is -0.490 e. The molecule has 1 aliphatic heterocycles. The topological polar surface area (TPSA) is 55.8 Å². The molecule has 1 aliphatic rings. The van der Waals surface area contributed by atoms with Gasteiger partial charge in [0.15, 0.2) is 11.5 Å². The van der Waals surface area contributed by atoms with Crippen LogP contribution in [0.3, 0.4) is 0 Å². The van der Waals surface area contributed by atoms with Gasteiger partial charge in [-0.2, -0.15) is 0 Å². The smallest absolute Gasteiger partial charge is 0.293 e. The molecular formula is C30H22BrCl2NO4S. The molecule has 4 aromatic carbocycles. The minimum absolute atomic E-state index is 0.105. The predicted octanol–water partition coefficient (Wildman–Crippen LogP) is 9.12. The third-order valence-electron chi connectivity index (χ3n) is 6.08. The Hall–Kier alpha value is -2.97. The molecule has 0 atom stereocenters. The summed E-state index contributed by atoms with van der Waals surface area (Å²) in [7, 11) is 0. The number of rotatable bonds is 8. The maximum atomic E-state index is 13.1. The molecule has 9 heteroatoms. The van der Waals surface area contributed by atoms with Crippen molar-refractivity contribution in [2.24, 2.45) is 0 Å². The summed E-state index contributed by atoms with van der Waals surface area (Å²) in [4.78, 5) is 27.3. The van der Waals surface area contributed by atoms with E-state index in [1.807, 2.05) is 37.3 Å². The Morgan fingerprint density at radius 1 is 0.949 bits per heavy atom.